The number of rotatable bonds is 9. The number of nitrogens with zero attached hydrogens (tertiary/aromatic N) is 3. The van der Waals surface area contributed by atoms with Gasteiger partial charge in [0.1, 0.15) is 12.4 Å². The van der Waals surface area contributed by atoms with Crippen molar-refractivity contribution in [3.8, 4) is 5.75 Å². The maximum atomic E-state index is 12.0. The third-order valence-electron chi connectivity index (χ3n) is 4.95. The molecule has 0 bridgehead atoms. The molecule has 1 aromatic rings. The van der Waals surface area contributed by atoms with Crippen molar-refractivity contribution in [3.05, 3.63) is 29.2 Å². The molecular formula is C21H35N5O5. The lowest BCUT2D eigenvalue weighted by Crippen LogP contribution is -2.34. The molecule has 0 radical (unpaired) electrons. The third kappa shape index (κ3) is 8.33. The average Bonchev–Trinajstić information content (AvgIpc) is 2.68. The van der Waals surface area contributed by atoms with E-state index in [1.807, 2.05) is 19.9 Å². The van der Waals surface area contributed by atoms with Crippen LogP contribution in [-0.4, -0.2) is 66.4 Å². The third-order valence-corrected chi connectivity index (χ3v) is 4.95. The van der Waals surface area contributed by atoms with Crippen molar-refractivity contribution in [2.75, 3.05) is 33.9 Å². The summed E-state index contributed by atoms with van der Waals surface area (Å²) in [4.78, 5) is 26.4. The molecular weight excluding hydrogens is 402 g/mol. The zero-order valence-electron chi connectivity index (χ0n) is 18.8. The number of hydrogen-bond acceptors (Lipinski definition) is 8. The summed E-state index contributed by atoms with van der Waals surface area (Å²) < 4.78 is 11.2. The molecule has 10 nitrogen and oxygen atoms in total. The monoisotopic (exact) mass is 437 g/mol. The van der Waals surface area contributed by atoms with Crippen molar-refractivity contribution in [1.29, 1.82) is 0 Å². The number of aromatic nitrogens is 1. The summed E-state index contributed by atoms with van der Waals surface area (Å²) in [5.41, 5.74) is 8.46. The van der Waals surface area contributed by atoms with E-state index in [1.54, 1.807) is 20.2 Å². The molecule has 0 unspecified atom stereocenters. The van der Waals surface area contributed by atoms with E-state index in [4.69, 9.17) is 31.0 Å². The molecule has 0 aliphatic heterocycles. The van der Waals surface area contributed by atoms with E-state index >= 15 is 0 Å². The van der Waals surface area contributed by atoms with Crippen LogP contribution in [0.15, 0.2) is 17.8 Å². The molecule has 1 heterocycles. The van der Waals surface area contributed by atoms with Crippen LogP contribution in [0.25, 0.3) is 5.70 Å². The van der Waals surface area contributed by atoms with Gasteiger partial charge in [-0.2, -0.15) is 0 Å². The molecule has 0 atom stereocenters. The van der Waals surface area contributed by atoms with E-state index in [9.17, 15) is 4.79 Å². The molecule has 1 fully saturated rings. The first kappa shape index (κ1) is 26.0. The normalized spacial score (nSPS) is 13.7. The molecule has 10 heteroatoms. The molecule has 0 saturated heterocycles. The number of likely N-dealkylation sites (N-methyl/N-ethyl adjacent to an activating group) is 1. The van der Waals surface area contributed by atoms with E-state index in [0.717, 1.165) is 24.5 Å². The first-order valence-electron chi connectivity index (χ1n) is 10.3. The minimum atomic E-state index is -0.419. The zero-order chi connectivity index (χ0) is 23.4. The fourth-order valence-corrected chi connectivity index (χ4v) is 2.90. The van der Waals surface area contributed by atoms with Gasteiger partial charge in [-0.1, -0.05) is 13.3 Å². The minimum Gasteiger partial charge on any atom is -0.491 e. The maximum Gasteiger partial charge on any atom is 0.409 e. The SMILES string of the molecule is CCCN(C)C(=O)OC/C(=C(/N)c1ccc(OCC2CCC2)c(C)n1)N(C)N.O=CO. The van der Waals surface area contributed by atoms with Gasteiger partial charge in [0.2, 0.25) is 0 Å². The Morgan fingerprint density at radius 1 is 1.35 bits per heavy atom. The predicted octanol–water partition coefficient (Wildman–Crippen LogP) is 2.18. The highest BCUT2D eigenvalue weighted by Gasteiger charge is 2.19. The van der Waals surface area contributed by atoms with Gasteiger partial charge < -0.3 is 30.2 Å². The van der Waals surface area contributed by atoms with Crippen LogP contribution in [0.4, 0.5) is 4.79 Å². The second kappa shape index (κ2) is 13.3. The molecule has 174 valence electrons. The largest absolute Gasteiger partial charge is 0.491 e. The lowest BCUT2D eigenvalue weighted by atomic mass is 9.86. The molecule has 2 rings (SSSR count). The van der Waals surface area contributed by atoms with Crippen molar-refractivity contribution in [1.82, 2.24) is 14.9 Å². The number of amides is 1. The Kier molecular flexibility index (Phi) is 11.2. The number of aryl methyl sites for hydroxylation is 1. The summed E-state index contributed by atoms with van der Waals surface area (Å²) in [6, 6.07) is 3.67. The van der Waals surface area contributed by atoms with Crippen LogP contribution in [-0.2, 0) is 9.53 Å². The van der Waals surface area contributed by atoms with E-state index in [0.29, 0.717) is 29.6 Å². The fourth-order valence-electron chi connectivity index (χ4n) is 2.90. The predicted molar refractivity (Wildman–Crippen MR) is 118 cm³/mol. The second-order valence-electron chi connectivity index (χ2n) is 7.44. The van der Waals surface area contributed by atoms with E-state index in [-0.39, 0.29) is 13.1 Å². The molecule has 31 heavy (non-hydrogen) atoms. The van der Waals surface area contributed by atoms with Gasteiger partial charge in [0.15, 0.2) is 0 Å². The highest BCUT2D eigenvalue weighted by Crippen LogP contribution is 2.28. The Bertz CT molecular complexity index is 750. The second-order valence-corrected chi connectivity index (χ2v) is 7.44. The van der Waals surface area contributed by atoms with Gasteiger partial charge in [0, 0.05) is 20.6 Å². The summed E-state index contributed by atoms with van der Waals surface area (Å²) in [7, 11) is 3.34. The van der Waals surface area contributed by atoms with Gasteiger partial charge in [0.25, 0.3) is 6.47 Å². The van der Waals surface area contributed by atoms with Crippen molar-refractivity contribution in [2.45, 2.75) is 39.5 Å². The first-order valence-corrected chi connectivity index (χ1v) is 10.3. The summed E-state index contributed by atoms with van der Waals surface area (Å²) in [5, 5.41) is 8.24. The molecule has 5 N–H and O–H groups in total. The highest BCUT2D eigenvalue weighted by atomic mass is 16.6. The zero-order valence-corrected chi connectivity index (χ0v) is 18.8. The number of carbonyl (C=O) groups excluding carboxylic acids is 1. The van der Waals surface area contributed by atoms with Crippen LogP contribution in [0.3, 0.4) is 0 Å². The van der Waals surface area contributed by atoms with Gasteiger partial charge in [-0.25, -0.2) is 15.6 Å². The van der Waals surface area contributed by atoms with Crippen molar-refractivity contribution in [2.24, 2.45) is 17.5 Å². The Balaban J connectivity index is 0.00000151. The summed E-state index contributed by atoms with van der Waals surface area (Å²) in [6.45, 7) is 4.94. The fraction of sp³-hybridized carbons (Fsp3) is 0.571. The number of ether oxygens (including phenoxy) is 2. The molecule has 1 saturated carbocycles. The number of hydrogen-bond donors (Lipinski definition) is 3. The summed E-state index contributed by atoms with van der Waals surface area (Å²) >= 11 is 0. The van der Waals surface area contributed by atoms with Gasteiger partial charge in [-0.15, -0.1) is 0 Å². The van der Waals surface area contributed by atoms with E-state index in [2.05, 4.69) is 4.98 Å². The number of carbonyl (C=O) groups is 2. The van der Waals surface area contributed by atoms with Crippen molar-refractivity contribution >= 4 is 18.3 Å². The smallest absolute Gasteiger partial charge is 0.409 e. The van der Waals surface area contributed by atoms with E-state index < -0.39 is 6.09 Å². The van der Waals surface area contributed by atoms with Gasteiger partial charge in [-0.3, -0.25) is 4.79 Å². The molecule has 1 amide bonds. The molecule has 1 aliphatic rings. The van der Waals surface area contributed by atoms with Crippen LogP contribution in [0.1, 0.15) is 44.0 Å². The quantitative estimate of drug-likeness (QED) is 0.301. The van der Waals surface area contributed by atoms with Gasteiger partial charge in [-0.05, 0) is 44.2 Å². The highest BCUT2D eigenvalue weighted by molar-refractivity contribution is 5.68. The summed E-state index contributed by atoms with van der Waals surface area (Å²) in [5.74, 6) is 7.32. The topological polar surface area (TPSA) is 144 Å². The van der Waals surface area contributed by atoms with Gasteiger partial charge in [0.05, 0.1) is 29.4 Å². The van der Waals surface area contributed by atoms with Crippen LogP contribution >= 0.6 is 0 Å². The van der Waals surface area contributed by atoms with Gasteiger partial charge >= 0.3 is 6.09 Å². The van der Waals surface area contributed by atoms with Crippen molar-refractivity contribution < 1.29 is 24.2 Å². The summed E-state index contributed by atoms with van der Waals surface area (Å²) in [6.07, 6.45) is 4.19. The first-order chi connectivity index (χ1) is 14.7. The molecule has 0 aromatic carbocycles. The number of hydrazine groups is 1. The van der Waals surface area contributed by atoms with Crippen LogP contribution in [0, 0.1) is 12.8 Å². The lowest BCUT2D eigenvalue weighted by Gasteiger charge is -2.25. The minimum absolute atomic E-state index is 0.0353. The van der Waals surface area contributed by atoms with Crippen molar-refractivity contribution in [3.63, 3.8) is 0 Å². The molecule has 0 spiro atoms. The Morgan fingerprint density at radius 2 is 2.00 bits per heavy atom. The van der Waals surface area contributed by atoms with Crippen LogP contribution in [0.2, 0.25) is 0 Å². The Hall–Kier alpha value is -3.01. The molecule has 1 aliphatic carbocycles. The number of carboxylic acid groups (broad SMARTS) is 1. The maximum absolute atomic E-state index is 12.0. The standard InChI is InChI=1S/C20H33N5O3.CH2O2/c1-5-11-24(3)20(26)28-13-17(25(4)22)19(21)16-9-10-18(14(2)23-16)27-12-15-7-6-8-15;2-1-3/h9-10,15H,5-8,11-13,21-22H2,1-4H3;1H,(H,2,3)/b19-17-;. The van der Waals surface area contributed by atoms with Crippen LogP contribution < -0.4 is 16.3 Å². The molecule has 1 aromatic heterocycles. The Labute approximate surface area is 183 Å². The van der Waals surface area contributed by atoms with Crippen LogP contribution in [0.5, 0.6) is 5.75 Å². The lowest BCUT2D eigenvalue weighted by molar-refractivity contribution is -0.122. The average molecular weight is 438 g/mol. The van der Waals surface area contributed by atoms with E-state index in [1.165, 1.54) is 29.2 Å². The number of pyridine rings is 1. The Morgan fingerprint density at radius 3 is 2.48 bits per heavy atom. The number of nitrogens with two attached hydrogens (primary N) is 2.